The van der Waals surface area contributed by atoms with Crippen LogP contribution in [-0.2, 0) is 13.1 Å². The Bertz CT molecular complexity index is 6380. The van der Waals surface area contributed by atoms with E-state index >= 15 is 0 Å². The average molecular weight is 1880 g/mol. The van der Waals surface area contributed by atoms with Crippen molar-refractivity contribution in [3.8, 4) is 45.0 Å². The third-order valence-electron chi connectivity index (χ3n) is 18.8. The van der Waals surface area contributed by atoms with E-state index in [-0.39, 0.29) is 66.0 Å². The number of carbonyl (C=O) groups is 8. The van der Waals surface area contributed by atoms with Crippen LogP contribution in [0.1, 0.15) is 94.0 Å². The Balaban J connectivity index is 0.000000148. The molecule has 0 atom stereocenters. The van der Waals surface area contributed by atoms with Gasteiger partial charge in [0, 0.05) is 154 Å². The van der Waals surface area contributed by atoms with Gasteiger partial charge in [0.25, 0.3) is 47.3 Å². The standard InChI is InChI=1S/2C25H18Cl2N4O2.2C24H16Cl2N4O2/c2*26-21-9-7-18(13-20(21)23-5-1-2-11-29-23)31-25(33)19-8-6-17(12-22(19)27)24(32)30-15-16-4-3-10-28-14-16;25-20-9-7-16(13-19(20)22-5-1-2-11-28-22)29-24(32)18-8-6-15(12-21(18)26)23(31)30-17-4-3-10-27-14-17;25-20-7-5-17(14-19(20)22-3-1-2-10-28-22)30-24(32)18-6-4-15(13-21(18)26)23(31)29-16-8-11-27-12-9-16/h2*1-14H,15H2,(H,30,32)(H,31,33);1-14H,(H,29,32)(H,30,31);1-14H,(H,30,32)(H,27,29,31). The second-order valence-corrected chi connectivity index (χ2v) is 31.0. The molecule has 130 heavy (non-hydrogen) atoms. The lowest BCUT2D eigenvalue weighted by Gasteiger charge is -2.11. The molecule has 0 spiro atoms. The first kappa shape index (κ1) is 92.7. The zero-order chi connectivity index (χ0) is 91.4. The lowest BCUT2D eigenvalue weighted by atomic mass is 10.1. The van der Waals surface area contributed by atoms with E-state index in [0.717, 1.165) is 11.1 Å². The molecule has 8 aromatic heterocycles. The van der Waals surface area contributed by atoms with Crippen molar-refractivity contribution in [2.24, 2.45) is 0 Å². The van der Waals surface area contributed by atoms with E-state index in [9.17, 15) is 38.4 Å². The molecule has 0 aliphatic heterocycles. The molecule has 0 unspecified atom stereocenters. The van der Waals surface area contributed by atoms with Crippen LogP contribution in [0.25, 0.3) is 45.0 Å². The number of rotatable bonds is 22. The number of carbonyl (C=O) groups excluding carboxylic acids is 8. The van der Waals surface area contributed by atoms with Gasteiger partial charge in [-0.1, -0.05) is 129 Å². The molecular formula is C98H68Cl8N16O8. The average Bonchev–Trinajstić information content (AvgIpc) is 0.822. The Morgan fingerprint density at radius 3 is 0.769 bits per heavy atom. The summed E-state index contributed by atoms with van der Waals surface area (Å²) < 4.78 is 0. The fraction of sp³-hybridized carbons (Fsp3) is 0.0204. The summed E-state index contributed by atoms with van der Waals surface area (Å²) in [4.78, 5) is 134. The van der Waals surface area contributed by atoms with E-state index < -0.39 is 23.6 Å². The van der Waals surface area contributed by atoms with E-state index in [2.05, 4.69) is 82.4 Å². The van der Waals surface area contributed by atoms with Crippen molar-refractivity contribution in [1.82, 2.24) is 50.5 Å². The third-order valence-corrected chi connectivity index (χ3v) is 21.3. The molecule has 0 aliphatic rings. The molecule has 8 amide bonds. The molecule has 0 radical (unpaired) electrons. The van der Waals surface area contributed by atoms with Gasteiger partial charge in [-0.2, -0.15) is 0 Å². The first-order chi connectivity index (χ1) is 63.0. The maximum Gasteiger partial charge on any atom is 0.257 e. The molecule has 0 saturated carbocycles. The maximum absolute atomic E-state index is 12.8. The monoisotopic (exact) mass is 1880 g/mol. The summed E-state index contributed by atoms with van der Waals surface area (Å²) in [5.41, 5.74) is 12.9. The summed E-state index contributed by atoms with van der Waals surface area (Å²) in [7, 11) is 0. The van der Waals surface area contributed by atoms with Crippen molar-refractivity contribution < 1.29 is 38.4 Å². The molecular weight excluding hydrogens is 1810 g/mol. The highest BCUT2D eigenvalue weighted by molar-refractivity contribution is 6.38. The Kier molecular flexibility index (Phi) is 32.4. The molecule has 8 aromatic carbocycles. The zero-order valence-corrected chi connectivity index (χ0v) is 73.7. The van der Waals surface area contributed by atoms with Gasteiger partial charge in [0.05, 0.1) is 97.1 Å². The molecule has 16 rings (SSSR count). The normalized spacial score (nSPS) is 10.5. The summed E-state index contributed by atoms with van der Waals surface area (Å²) >= 11 is 50.5. The first-order valence-electron chi connectivity index (χ1n) is 39.1. The Labute approximate surface area is 784 Å². The highest BCUT2D eigenvalue weighted by Crippen LogP contribution is 2.36. The second-order valence-electron chi connectivity index (χ2n) is 27.7. The lowest BCUT2D eigenvalue weighted by Crippen LogP contribution is -2.23. The predicted octanol–water partition coefficient (Wildman–Crippen LogP) is 23.2. The number of aromatic nitrogens is 8. The van der Waals surface area contributed by atoms with Crippen molar-refractivity contribution in [2.45, 2.75) is 13.1 Å². The molecule has 644 valence electrons. The number of halogens is 8. The molecule has 0 fully saturated rings. The van der Waals surface area contributed by atoms with Gasteiger partial charge in [0.15, 0.2) is 0 Å². The highest BCUT2D eigenvalue weighted by Gasteiger charge is 2.22. The van der Waals surface area contributed by atoms with Crippen LogP contribution >= 0.6 is 92.8 Å². The number of hydrogen-bond acceptors (Lipinski definition) is 16. The van der Waals surface area contributed by atoms with Gasteiger partial charge in [0.2, 0.25) is 0 Å². The highest BCUT2D eigenvalue weighted by atomic mass is 35.5. The van der Waals surface area contributed by atoms with E-state index in [1.54, 1.807) is 196 Å². The topological polar surface area (TPSA) is 336 Å². The van der Waals surface area contributed by atoms with Crippen molar-refractivity contribution in [3.05, 3.63) is 437 Å². The molecule has 24 nitrogen and oxygen atoms in total. The van der Waals surface area contributed by atoms with Gasteiger partial charge in [0.1, 0.15) is 0 Å². The van der Waals surface area contributed by atoms with Crippen molar-refractivity contribution in [2.75, 3.05) is 31.9 Å². The van der Waals surface area contributed by atoms with Gasteiger partial charge < -0.3 is 42.5 Å². The van der Waals surface area contributed by atoms with Gasteiger partial charge in [-0.05, 0) is 242 Å². The van der Waals surface area contributed by atoms with Crippen LogP contribution in [0.5, 0.6) is 0 Å². The van der Waals surface area contributed by atoms with Gasteiger partial charge in [-0.15, -0.1) is 0 Å². The summed E-state index contributed by atoms with van der Waals surface area (Å²) in [6.07, 6.45) is 19.7. The zero-order valence-electron chi connectivity index (χ0n) is 67.6. The molecule has 0 saturated heterocycles. The van der Waals surface area contributed by atoms with E-state index in [1.807, 2.05) is 84.9 Å². The molecule has 16 aromatic rings. The molecule has 0 aliphatic carbocycles. The fourth-order valence-corrected chi connectivity index (χ4v) is 14.2. The summed E-state index contributed by atoms with van der Waals surface area (Å²) in [5, 5.41) is 25.0. The molecule has 0 bridgehead atoms. The summed E-state index contributed by atoms with van der Waals surface area (Å²) in [6, 6.07) is 74.7. The van der Waals surface area contributed by atoms with E-state index in [4.69, 9.17) is 92.8 Å². The Morgan fingerprint density at radius 1 is 0.215 bits per heavy atom. The number of benzene rings is 8. The van der Waals surface area contributed by atoms with E-state index in [0.29, 0.717) is 135 Å². The van der Waals surface area contributed by atoms with Crippen LogP contribution in [0.3, 0.4) is 0 Å². The van der Waals surface area contributed by atoms with Crippen molar-refractivity contribution in [1.29, 1.82) is 0 Å². The third kappa shape index (κ3) is 25.7. The fourth-order valence-electron chi connectivity index (χ4n) is 12.3. The van der Waals surface area contributed by atoms with Crippen molar-refractivity contribution >= 4 is 174 Å². The number of anilines is 6. The summed E-state index contributed by atoms with van der Waals surface area (Å²) in [5.74, 6) is -2.94. The van der Waals surface area contributed by atoms with Crippen molar-refractivity contribution in [3.63, 3.8) is 0 Å². The number of amides is 8. The molecule has 8 N–H and O–H groups in total. The number of nitrogens with zero attached hydrogens (tertiary/aromatic N) is 8. The van der Waals surface area contributed by atoms with Crippen LogP contribution < -0.4 is 42.5 Å². The Hall–Kier alpha value is -15.0. The van der Waals surface area contributed by atoms with Crippen LogP contribution in [0.15, 0.2) is 341 Å². The van der Waals surface area contributed by atoms with Crippen LogP contribution in [0, 0.1) is 0 Å². The number of nitrogens with one attached hydrogen (secondary N) is 8. The minimum atomic E-state index is -0.413. The number of pyridine rings is 8. The molecule has 8 heterocycles. The van der Waals surface area contributed by atoms with E-state index in [1.165, 1.54) is 60.8 Å². The minimum Gasteiger partial charge on any atom is -0.348 e. The quantitative estimate of drug-likeness (QED) is 0.0312. The first-order valence-corrected chi connectivity index (χ1v) is 42.1. The number of hydrogen-bond donors (Lipinski definition) is 8. The van der Waals surface area contributed by atoms with Crippen LogP contribution in [0.2, 0.25) is 40.2 Å². The SMILES string of the molecule is O=C(NCc1cccnc1)c1ccc(C(=O)Nc2ccc(Cl)c(-c3ccccn3)c2)c(Cl)c1.O=C(NCc1cccnc1)c1ccc(C(=O)Nc2ccc(Cl)c(-c3ccccn3)c2)c(Cl)c1.O=C(Nc1cccnc1)c1ccc(C(=O)Nc2ccc(Cl)c(-c3ccccn3)c2)c(Cl)c1.O=C(Nc1ccncc1)c1ccc(C(=O)Nc2ccc(Cl)c(-c3ccccn3)c2)c(Cl)c1. The largest absolute Gasteiger partial charge is 0.348 e. The van der Waals surface area contributed by atoms with Crippen LogP contribution in [-0.4, -0.2) is 87.1 Å². The minimum absolute atomic E-state index is 0.153. The van der Waals surface area contributed by atoms with Gasteiger partial charge in [-0.25, -0.2) is 0 Å². The molecule has 32 heteroatoms. The van der Waals surface area contributed by atoms with Crippen LogP contribution in [0.4, 0.5) is 34.1 Å². The van der Waals surface area contributed by atoms with Gasteiger partial charge >= 0.3 is 0 Å². The smallest absolute Gasteiger partial charge is 0.257 e. The van der Waals surface area contributed by atoms with Gasteiger partial charge in [-0.3, -0.25) is 78.2 Å². The second kappa shape index (κ2) is 45.5. The maximum atomic E-state index is 12.8. The lowest BCUT2D eigenvalue weighted by molar-refractivity contribution is 0.0942. The Morgan fingerprint density at radius 2 is 0.500 bits per heavy atom. The summed E-state index contributed by atoms with van der Waals surface area (Å²) in [6.45, 7) is 0.670. The predicted molar refractivity (Wildman–Crippen MR) is 512 cm³/mol.